The van der Waals surface area contributed by atoms with Crippen molar-refractivity contribution in [2.75, 3.05) is 4.90 Å². The molecule has 0 radical (unpaired) electrons. The van der Waals surface area contributed by atoms with Gasteiger partial charge in [0.15, 0.2) is 0 Å². The minimum Gasteiger partial charge on any atom is -0.460 e. The molecule has 0 bridgehead atoms. The average molecular weight is 566 g/mol. The molecule has 2 amide bonds. The van der Waals surface area contributed by atoms with Crippen LogP contribution in [-0.4, -0.2) is 17.8 Å². The zero-order chi connectivity index (χ0) is 28.8. The van der Waals surface area contributed by atoms with E-state index < -0.39 is 23.2 Å². The van der Waals surface area contributed by atoms with Crippen molar-refractivity contribution >= 4 is 46.0 Å². The van der Waals surface area contributed by atoms with Crippen LogP contribution in [0.5, 0.6) is 17.2 Å². The second kappa shape index (κ2) is 10.1. The lowest BCUT2D eigenvalue weighted by molar-refractivity contribution is 0.0734. The highest BCUT2D eigenvalue weighted by atomic mass is 35.5. The van der Waals surface area contributed by atoms with Crippen molar-refractivity contribution in [3.05, 3.63) is 128 Å². The highest BCUT2D eigenvalue weighted by Crippen LogP contribution is 2.31. The highest BCUT2D eigenvalue weighted by molar-refractivity contribution is 6.34. The van der Waals surface area contributed by atoms with Gasteiger partial charge in [-0.25, -0.2) is 9.69 Å². The Balaban J connectivity index is 1.18. The molecule has 0 saturated heterocycles. The van der Waals surface area contributed by atoms with Crippen molar-refractivity contribution in [3.63, 3.8) is 0 Å². The van der Waals surface area contributed by atoms with Crippen LogP contribution in [-0.2, 0) is 0 Å². The Morgan fingerprint density at radius 1 is 0.805 bits per heavy atom. The molecule has 4 aromatic carbocycles. The Labute approximate surface area is 238 Å². The van der Waals surface area contributed by atoms with Gasteiger partial charge in [-0.1, -0.05) is 23.7 Å². The molecule has 5 aromatic rings. The van der Waals surface area contributed by atoms with E-state index in [2.05, 4.69) is 0 Å². The predicted molar refractivity (Wildman–Crippen MR) is 152 cm³/mol. The maximum atomic E-state index is 13.0. The highest BCUT2D eigenvalue weighted by Gasteiger charge is 2.36. The van der Waals surface area contributed by atoms with Crippen molar-refractivity contribution < 1.29 is 28.3 Å². The van der Waals surface area contributed by atoms with Gasteiger partial charge >= 0.3 is 5.97 Å². The van der Waals surface area contributed by atoms with Crippen LogP contribution in [0.15, 0.2) is 94.3 Å². The third kappa shape index (κ3) is 4.64. The molecule has 0 N–H and O–H groups in total. The van der Waals surface area contributed by atoms with Gasteiger partial charge < -0.3 is 13.9 Å². The summed E-state index contributed by atoms with van der Waals surface area (Å²) in [6.07, 6.45) is 1.20. The molecule has 41 heavy (non-hydrogen) atoms. The smallest absolute Gasteiger partial charge is 0.343 e. The van der Waals surface area contributed by atoms with Gasteiger partial charge in [-0.15, -0.1) is 0 Å². The lowest BCUT2D eigenvalue weighted by Gasteiger charge is -2.14. The summed E-state index contributed by atoms with van der Waals surface area (Å²) in [4.78, 5) is 52.3. The molecule has 0 fully saturated rings. The van der Waals surface area contributed by atoms with Crippen molar-refractivity contribution in [1.29, 1.82) is 0 Å². The molecule has 0 saturated carbocycles. The van der Waals surface area contributed by atoms with Crippen LogP contribution in [0.25, 0.3) is 11.0 Å². The van der Waals surface area contributed by atoms with Crippen LogP contribution in [0.3, 0.4) is 0 Å². The first-order valence-corrected chi connectivity index (χ1v) is 12.9. The molecule has 0 unspecified atom stereocenters. The second-order valence-corrected chi connectivity index (χ2v) is 9.87. The summed E-state index contributed by atoms with van der Waals surface area (Å²) < 4.78 is 16.9. The van der Waals surface area contributed by atoms with E-state index in [4.69, 9.17) is 25.5 Å². The van der Waals surface area contributed by atoms with E-state index in [0.717, 1.165) is 16.0 Å². The summed E-state index contributed by atoms with van der Waals surface area (Å²) in [5.41, 5.74) is 2.64. The number of hydrogen-bond donors (Lipinski definition) is 0. The van der Waals surface area contributed by atoms with Gasteiger partial charge in [-0.2, -0.15) is 0 Å². The van der Waals surface area contributed by atoms with Gasteiger partial charge in [-0.3, -0.25) is 14.4 Å². The lowest BCUT2D eigenvalue weighted by Crippen LogP contribution is -2.29. The van der Waals surface area contributed by atoms with Crippen LogP contribution in [0, 0.1) is 13.8 Å². The zero-order valence-corrected chi connectivity index (χ0v) is 22.5. The van der Waals surface area contributed by atoms with Crippen LogP contribution in [0.1, 0.15) is 42.2 Å². The number of amides is 2. The largest absolute Gasteiger partial charge is 0.460 e. The number of ether oxygens (including phenoxy) is 2. The molecule has 0 spiro atoms. The van der Waals surface area contributed by atoms with E-state index in [-0.39, 0.29) is 28.0 Å². The number of benzene rings is 4. The Morgan fingerprint density at radius 2 is 1.44 bits per heavy atom. The van der Waals surface area contributed by atoms with Crippen molar-refractivity contribution in [2.45, 2.75) is 13.8 Å². The SMILES string of the molecule is Cc1cc(Oc2coc3cc(OC(=O)c4ccc(N5C(=O)c6ccccc6C5=O)cc4)ccc3c2=O)cc(C)c1Cl. The number of aryl methyl sites for hydroxylation is 2. The maximum absolute atomic E-state index is 13.0. The Morgan fingerprint density at radius 3 is 2.07 bits per heavy atom. The maximum Gasteiger partial charge on any atom is 0.343 e. The number of rotatable bonds is 5. The van der Waals surface area contributed by atoms with E-state index >= 15 is 0 Å². The molecule has 9 heteroatoms. The van der Waals surface area contributed by atoms with Crippen molar-refractivity contribution in [3.8, 4) is 17.2 Å². The average Bonchev–Trinajstić information content (AvgIpc) is 3.22. The van der Waals surface area contributed by atoms with Crippen LogP contribution < -0.4 is 19.8 Å². The predicted octanol–water partition coefficient (Wildman–Crippen LogP) is 6.88. The summed E-state index contributed by atoms with van der Waals surface area (Å²) in [6, 6.07) is 20.4. The third-order valence-electron chi connectivity index (χ3n) is 6.72. The number of fused-ring (bicyclic) bond motifs is 2. The normalized spacial score (nSPS) is 12.5. The van der Waals surface area contributed by atoms with E-state index in [9.17, 15) is 19.2 Å². The van der Waals surface area contributed by atoms with Gasteiger partial charge in [0.25, 0.3) is 11.8 Å². The molecule has 1 aliphatic rings. The quantitative estimate of drug-likeness (QED) is 0.130. The summed E-state index contributed by atoms with van der Waals surface area (Å²) >= 11 is 6.21. The first-order chi connectivity index (χ1) is 19.7. The number of imide groups is 1. The van der Waals surface area contributed by atoms with Gasteiger partial charge in [0.1, 0.15) is 23.3 Å². The second-order valence-electron chi connectivity index (χ2n) is 9.49. The lowest BCUT2D eigenvalue weighted by atomic mass is 10.1. The molecule has 0 aliphatic carbocycles. The third-order valence-corrected chi connectivity index (χ3v) is 7.31. The van der Waals surface area contributed by atoms with Gasteiger partial charge in [0.05, 0.1) is 27.8 Å². The molecule has 202 valence electrons. The monoisotopic (exact) mass is 565 g/mol. The number of nitrogens with zero attached hydrogens (tertiary/aromatic N) is 1. The van der Waals surface area contributed by atoms with E-state index in [0.29, 0.717) is 27.6 Å². The Kier molecular flexibility index (Phi) is 6.40. The molecule has 1 aliphatic heterocycles. The zero-order valence-electron chi connectivity index (χ0n) is 21.8. The number of halogens is 1. The molecular formula is C32H20ClNO7. The fourth-order valence-electron chi connectivity index (χ4n) is 4.65. The molecular weight excluding hydrogens is 546 g/mol. The topological polar surface area (TPSA) is 103 Å². The van der Waals surface area contributed by atoms with Gasteiger partial charge in [0, 0.05) is 11.1 Å². The number of carbonyl (C=O) groups is 3. The van der Waals surface area contributed by atoms with Gasteiger partial charge in [-0.05, 0) is 85.6 Å². The Bertz CT molecular complexity index is 1900. The van der Waals surface area contributed by atoms with Crippen LogP contribution >= 0.6 is 11.6 Å². The van der Waals surface area contributed by atoms with E-state index in [1.165, 1.54) is 48.7 Å². The molecule has 6 rings (SSSR count). The summed E-state index contributed by atoms with van der Waals surface area (Å²) in [5, 5.41) is 0.874. The number of anilines is 1. The molecule has 8 nitrogen and oxygen atoms in total. The van der Waals surface area contributed by atoms with Crippen LogP contribution in [0.2, 0.25) is 5.02 Å². The fourth-order valence-corrected chi connectivity index (χ4v) is 4.76. The number of hydrogen-bond acceptors (Lipinski definition) is 7. The van der Waals surface area contributed by atoms with Gasteiger partial charge in [0.2, 0.25) is 11.2 Å². The first-order valence-electron chi connectivity index (χ1n) is 12.5. The van der Waals surface area contributed by atoms with E-state index in [1.54, 1.807) is 36.4 Å². The molecule has 0 atom stereocenters. The standard InChI is InChI=1S/C32H20ClNO7/c1-17-13-22(14-18(2)28(17)33)40-27-16-39-26-15-21(11-12-25(26)29(27)35)41-32(38)19-7-9-20(10-8-19)34-30(36)23-5-3-4-6-24(23)31(34)37/h3-16H,1-2H3. The minimum absolute atomic E-state index is 0.00141. The first kappa shape index (κ1) is 26.0. The summed E-state index contributed by atoms with van der Waals surface area (Å²) in [5.74, 6) is -0.907. The number of esters is 1. The molecule has 2 heterocycles. The molecule has 1 aromatic heterocycles. The Hall–Kier alpha value is -5.21. The fraction of sp³-hybridized carbons (Fsp3) is 0.0625. The van der Waals surface area contributed by atoms with Crippen molar-refractivity contribution in [2.24, 2.45) is 0 Å². The summed E-state index contributed by atoms with van der Waals surface area (Å²) in [7, 11) is 0. The minimum atomic E-state index is -0.672. The van der Waals surface area contributed by atoms with E-state index in [1.807, 2.05) is 13.8 Å². The number of carbonyl (C=O) groups excluding carboxylic acids is 3. The summed E-state index contributed by atoms with van der Waals surface area (Å²) in [6.45, 7) is 3.69. The van der Waals surface area contributed by atoms with Crippen LogP contribution in [0.4, 0.5) is 5.69 Å². The van der Waals surface area contributed by atoms with Crippen molar-refractivity contribution in [1.82, 2.24) is 0 Å².